The topological polar surface area (TPSA) is 41.5 Å². The summed E-state index contributed by atoms with van der Waals surface area (Å²) >= 11 is 0. The van der Waals surface area contributed by atoms with Crippen LogP contribution in [0.3, 0.4) is 0 Å². The molecule has 0 radical (unpaired) electrons. The Hall–Kier alpha value is -1.20. The van der Waals surface area contributed by atoms with Gasteiger partial charge in [0, 0.05) is 6.54 Å². The quantitative estimate of drug-likeness (QED) is 0.787. The first kappa shape index (κ1) is 13.2. The van der Waals surface area contributed by atoms with E-state index in [0.717, 1.165) is 12.5 Å². The molecule has 0 saturated heterocycles. The molecule has 1 unspecified atom stereocenters. The molecule has 1 aromatic carbocycles. The standard InChI is InChI=1S/C13H17F2NO2/c14-13(15)18-11-5-3-10(4-6-11)12(17)8-16-7-9-1-2-9/h3-6,9,12-13,16-17H,1-2,7-8H2. The molecule has 5 heteroatoms. The van der Waals surface area contributed by atoms with E-state index in [1.165, 1.54) is 25.0 Å². The Bertz CT molecular complexity index is 366. The lowest BCUT2D eigenvalue weighted by Crippen LogP contribution is -2.23. The lowest BCUT2D eigenvalue weighted by Gasteiger charge is -2.12. The third kappa shape index (κ3) is 4.23. The number of hydrogen-bond acceptors (Lipinski definition) is 3. The molecule has 1 aliphatic rings. The summed E-state index contributed by atoms with van der Waals surface area (Å²) < 4.78 is 28.1. The Balaban J connectivity index is 1.79. The van der Waals surface area contributed by atoms with Crippen molar-refractivity contribution >= 4 is 0 Å². The van der Waals surface area contributed by atoms with Crippen molar-refractivity contribution in [3.63, 3.8) is 0 Å². The van der Waals surface area contributed by atoms with E-state index in [1.807, 2.05) is 0 Å². The predicted molar refractivity (Wildman–Crippen MR) is 63.6 cm³/mol. The Labute approximate surface area is 105 Å². The van der Waals surface area contributed by atoms with E-state index in [-0.39, 0.29) is 5.75 Å². The van der Waals surface area contributed by atoms with Gasteiger partial charge in [-0.2, -0.15) is 8.78 Å². The molecule has 0 spiro atoms. The van der Waals surface area contributed by atoms with Crippen LogP contribution in [0.1, 0.15) is 24.5 Å². The maximum Gasteiger partial charge on any atom is 0.387 e. The van der Waals surface area contributed by atoms with Crippen LogP contribution in [0.5, 0.6) is 5.75 Å². The molecule has 1 saturated carbocycles. The second-order valence-electron chi connectivity index (χ2n) is 4.56. The molecule has 0 aliphatic heterocycles. The number of rotatable bonds is 7. The number of halogens is 2. The van der Waals surface area contributed by atoms with Crippen LogP contribution in [0.4, 0.5) is 8.78 Å². The highest BCUT2D eigenvalue weighted by atomic mass is 19.3. The van der Waals surface area contributed by atoms with Crippen molar-refractivity contribution in [1.29, 1.82) is 0 Å². The number of alkyl halides is 2. The van der Waals surface area contributed by atoms with E-state index in [9.17, 15) is 13.9 Å². The third-order valence-corrected chi connectivity index (χ3v) is 2.96. The summed E-state index contributed by atoms with van der Waals surface area (Å²) in [6.45, 7) is -1.41. The second kappa shape index (κ2) is 6.11. The fourth-order valence-corrected chi connectivity index (χ4v) is 1.74. The summed E-state index contributed by atoms with van der Waals surface area (Å²) in [6, 6.07) is 6.07. The summed E-state index contributed by atoms with van der Waals surface area (Å²) in [5.41, 5.74) is 0.694. The normalized spacial score (nSPS) is 16.9. The summed E-state index contributed by atoms with van der Waals surface area (Å²) in [5.74, 6) is 0.867. The van der Waals surface area contributed by atoms with Gasteiger partial charge in [-0.25, -0.2) is 0 Å². The zero-order chi connectivity index (χ0) is 13.0. The molecule has 2 N–H and O–H groups in total. The molecule has 0 bridgehead atoms. The van der Waals surface area contributed by atoms with Gasteiger partial charge in [-0.15, -0.1) is 0 Å². The van der Waals surface area contributed by atoms with Crippen molar-refractivity contribution in [3.05, 3.63) is 29.8 Å². The molecule has 0 aromatic heterocycles. The van der Waals surface area contributed by atoms with E-state index >= 15 is 0 Å². The first-order valence-corrected chi connectivity index (χ1v) is 6.08. The van der Waals surface area contributed by atoms with Gasteiger partial charge in [-0.05, 0) is 43.0 Å². The number of ether oxygens (including phenoxy) is 1. The van der Waals surface area contributed by atoms with Gasteiger partial charge in [-0.1, -0.05) is 12.1 Å². The van der Waals surface area contributed by atoms with Crippen LogP contribution >= 0.6 is 0 Å². The highest BCUT2D eigenvalue weighted by Gasteiger charge is 2.20. The van der Waals surface area contributed by atoms with Crippen molar-refractivity contribution in [2.75, 3.05) is 13.1 Å². The van der Waals surface area contributed by atoms with Crippen LogP contribution in [-0.2, 0) is 0 Å². The summed E-state index contributed by atoms with van der Waals surface area (Å²) in [4.78, 5) is 0. The van der Waals surface area contributed by atoms with E-state index in [4.69, 9.17) is 0 Å². The molecule has 1 atom stereocenters. The molecular weight excluding hydrogens is 240 g/mol. The zero-order valence-electron chi connectivity index (χ0n) is 9.98. The highest BCUT2D eigenvalue weighted by Crippen LogP contribution is 2.27. The van der Waals surface area contributed by atoms with Crippen LogP contribution in [0.2, 0.25) is 0 Å². The third-order valence-electron chi connectivity index (χ3n) is 2.96. The first-order valence-electron chi connectivity index (χ1n) is 6.08. The number of aliphatic hydroxyl groups excluding tert-OH is 1. The molecular formula is C13H17F2NO2. The molecule has 18 heavy (non-hydrogen) atoms. The van der Waals surface area contributed by atoms with E-state index in [2.05, 4.69) is 10.1 Å². The van der Waals surface area contributed by atoms with Gasteiger partial charge in [0.2, 0.25) is 0 Å². The highest BCUT2D eigenvalue weighted by molar-refractivity contribution is 5.28. The lowest BCUT2D eigenvalue weighted by molar-refractivity contribution is -0.0498. The largest absolute Gasteiger partial charge is 0.435 e. The molecule has 1 aliphatic carbocycles. The molecule has 0 heterocycles. The fraction of sp³-hybridized carbons (Fsp3) is 0.538. The Kier molecular flexibility index (Phi) is 4.49. The van der Waals surface area contributed by atoms with Gasteiger partial charge in [0.25, 0.3) is 0 Å². The Morgan fingerprint density at radius 1 is 1.28 bits per heavy atom. The number of hydrogen-bond donors (Lipinski definition) is 2. The average molecular weight is 257 g/mol. The smallest absolute Gasteiger partial charge is 0.387 e. The van der Waals surface area contributed by atoms with E-state index in [0.29, 0.717) is 12.1 Å². The number of benzene rings is 1. The van der Waals surface area contributed by atoms with Gasteiger partial charge in [0.15, 0.2) is 0 Å². The minimum atomic E-state index is -2.82. The monoisotopic (exact) mass is 257 g/mol. The molecule has 3 nitrogen and oxygen atoms in total. The fourth-order valence-electron chi connectivity index (χ4n) is 1.74. The van der Waals surface area contributed by atoms with Gasteiger partial charge < -0.3 is 15.2 Å². The minimum absolute atomic E-state index is 0.104. The Morgan fingerprint density at radius 2 is 1.94 bits per heavy atom. The second-order valence-corrected chi connectivity index (χ2v) is 4.56. The maximum atomic E-state index is 11.9. The van der Waals surface area contributed by atoms with E-state index in [1.54, 1.807) is 12.1 Å². The number of nitrogens with one attached hydrogen (secondary N) is 1. The molecule has 1 aromatic rings. The van der Waals surface area contributed by atoms with Gasteiger partial charge in [-0.3, -0.25) is 0 Å². The SMILES string of the molecule is OC(CNCC1CC1)c1ccc(OC(F)F)cc1. The van der Waals surface area contributed by atoms with Crippen LogP contribution in [0, 0.1) is 5.92 Å². The first-order chi connectivity index (χ1) is 8.65. The average Bonchev–Trinajstić information content (AvgIpc) is 3.13. The van der Waals surface area contributed by atoms with Gasteiger partial charge in [0.1, 0.15) is 5.75 Å². The predicted octanol–water partition coefficient (Wildman–Crippen LogP) is 2.32. The van der Waals surface area contributed by atoms with Crippen molar-refractivity contribution in [1.82, 2.24) is 5.32 Å². The lowest BCUT2D eigenvalue weighted by atomic mass is 10.1. The minimum Gasteiger partial charge on any atom is -0.435 e. The summed E-state index contributed by atoms with van der Waals surface area (Å²) in [5, 5.41) is 13.1. The molecule has 100 valence electrons. The van der Waals surface area contributed by atoms with Crippen molar-refractivity contribution in [3.8, 4) is 5.75 Å². The van der Waals surface area contributed by atoms with E-state index < -0.39 is 12.7 Å². The Morgan fingerprint density at radius 3 is 2.50 bits per heavy atom. The molecule has 1 fully saturated rings. The number of aliphatic hydroxyl groups is 1. The summed E-state index contributed by atoms with van der Waals surface area (Å²) in [6.07, 6.45) is 1.91. The van der Waals surface area contributed by atoms with Gasteiger partial charge >= 0.3 is 6.61 Å². The van der Waals surface area contributed by atoms with Crippen LogP contribution in [0.25, 0.3) is 0 Å². The van der Waals surface area contributed by atoms with Crippen LogP contribution < -0.4 is 10.1 Å². The molecule has 2 rings (SSSR count). The van der Waals surface area contributed by atoms with Gasteiger partial charge in [0.05, 0.1) is 6.10 Å². The van der Waals surface area contributed by atoms with Crippen molar-refractivity contribution in [2.24, 2.45) is 5.92 Å². The van der Waals surface area contributed by atoms with Crippen LogP contribution in [-0.4, -0.2) is 24.8 Å². The van der Waals surface area contributed by atoms with Crippen molar-refractivity contribution in [2.45, 2.75) is 25.6 Å². The molecule has 0 amide bonds. The summed E-state index contributed by atoms with van der Waals surface area (Å²) in [7, 11) is 0. The van der Waals surface area contributed by atoms with Crippen LogP contribution in [0.15, 0.2) is 24.3 Å². The zero-order valence-corrected chi connectivity index (χ0v) is 9.98. The van der Waals surface area contributed by atoms with Crippen molar-refractivity contribution < 1.29 is 18.6 Å². The maximum absolute atomic E-state index is 11.9.